The number of azo groups is 1. The summed E-state index contributed by atoms with van der Waals surface area (Å²) in [6.07, 6.45) is 17.7. The van der Waals surface area contributed by atoms with Crippen LogP contribution in [0.3, 0.4) is 0 Å². The molecule has 0 bridgehead atoms. The molecule has 0 spiro atoms. The number of aryl methyl sites for hydroxylation is 1. The van der Waals surface area contributed by atoms with Gasteiger partial charge in [0.15, 0.2) is 11.5 Å². The third kappa shape index (κ3) is 12.0. The second-order valence-electron chi connectivity index (χ2n) is 11.8. The van der Waals surface area contributed by atoms with Crippen molar-refractivity contribution in [3.63, 3.8) is 0 Å². The van der Waals surface area contributed by atoms with Crippen LogP contribution in [0.25, 0.3) is 0 Å². The van der Waals surface area contributed by atoms with Crippen molar-refractivity contribution in [3.05, 3.63) is 47.5 Å². The van der Waals surface area contributed by atoms with Gasteiger partial charge >= 0.3 is 0 Å². The van der Waals surface area contributed by atoms with Gasteiger partial charge in [-0.05, 0) is 73.9 Å². The van der Waals surface area contributed by atoms with Crippen LogP contribution in [-0.4, -0.2) is 41.5 Å². The predicted molar refractivity (Wildman–Crippen MR) is 180 cm³/mol. The van der Waals surface area contributed by atoms with Crippen LogP contribution in [0.4, 0.5) is 0 Å². The third-order valence-electron chi connectivity index (χ3n) is 8.71. The summed E-state index contributed by atoms with van der Waals surface area (Å²) in [7, 11) is 8.28. The number of methoxy groups -OCH3 is 4. The SMILES string of the molecule is CCCCCCCCCCCCC(C#N)(CCCC(CCc1cccc(OC)c1)N=NC)c1cc(OC)c(OC)c(OC)c1. The molecule has 0 radical (unpaired) electrons. The first kappa shape index (κ1) is 36.9. The molecule has 2 aromatic carbocycles. The highest BCUT2D eigenvalue weighted by atomic mass is 16.5. The first-order valence-electron chi connectivity index (χ1n) is 16.6. The van der Waals surface area contributed by atoms with E-state index in [2.05, 4.69) is 35.4 Å². The molecular weight excluding hydrogens is 550 g/mol. The number of ether oxygens (including phenoxy) is 4. The fourth-order valence-electron chi connectivity index (χ4n) is 6.09. The fraction of sp³-hybridized carbons (Fsp3) is 0.649. The maximum absolute atomic E-state index is 10.8. The van der Waals surface area contributed by atoms with Crippen molar-refractivity contribution in [2.24, 2.45) is 10.2 Å². The van der Waals surface area contributed by atoms with E-state index >= 15 is 0 Å². The van der Waals surface area contributed by atoms with Crippen molar-refractivity contribution in [2.75, 3.05) is 35.5 Å². The molecule has 0 aliphatic rings. The first-order chi connectivity index (χ1) is 21.5. The molecule has 0 amide bonds. The summed E-state index contributed by atoms with van der Waals surface area (Å²) < 4.78 is 22.3. The van der Waals surface area contributed by atoms with Gasteiger partial charge in [0.1, 0.15) is 5.75 Å². The van der Waals surface area contributed by atoms with Crippen LogP contribution in [-0.2, 0) is 11.8 Å². The molecule has 0 aliphatic carbocycles. The van der Waals surface area contributed by atoms with E-state index in [0.29, 0.717) is 17.2 Å². The van der Waals surface area contributed by atoms with Crippen LogP contribution in [0.15, 0.2) is 46.6 Å². The van der Waals surface area contributed by atoms with Crippen LogP contribution in [0.1, 0.15) is 114 Å². The van der Waals surface area contributed by atoms with Gasteiger partial charge in [-0.1, -0.05) is 83.3 Å². The van der Waals surface area contributed by atoms with E-state index in [1.807, 2.05) is 24.3 Å². The summed E-state index contributed by atoms with van der Waals surface area (Å²) in [5.41, 5.74) is 1.49. The lowest BCUT2D eigenvalue weighted by atomic mass is 9.73. The minimum absolute atomic E-state index is 0.0971. The van der Waals surface area contributed by atoms with Gasteiger partial charge in [0.05, 0.1) is 46.0 Å². The van der Waals surface area contributed by atoms with E-state index in [0.717, 1.165) is 62.7 Å². The number of nitrogens with zero attached hydrogens (tertiary/aromatic N) is 3. The molecule has 0 heterocycles. The molecule has 0 fully saturated rings. The van der Waals surface area contributed by atoms with Gasteiger partial charge in [0, 0.05) is 7.05 Å². The Labute approximate surface area is 267 Å². The van der Waals surface area contributed by atoms with Gasteiger partial charge in [-0.3, -0.25) is 0 Å². The monoisotopic (exact) mass is 607 g/mol. The van der Waals surface area contributed by atoms with E-state index in [4.69, 9.17) is 18.9 Å². The summed E-state index contributed by atoms with van der Waals surface area (Å²) in [6, 6.07) is 15.0. The zero-order valence-corrected chi connectivity index (χ0v) is 28.3. The summed E-state index contributed by atoms with van der Waals surface area (Å²) in [6.45, 7) is 2.26. The van der Waals surface area contributed by atoms with Crippen molar-refractivity contribution >= 4 is 0 Å². The second-order valence-corrected chi connectivity index (χ2v) is 11.8. The van der Waals surface area contributed by atoms with Crippen LogP contribution in [0, 0.1) is 11.3 Å². The minimum atomic E-state index is -0.659. The zero-order chi connectivity index (χ0) is 32.0. The van der Waals surface area contributed by atoms with Crippen LogP contribution in [0.5, 0.6) is 23.0 Å². The van der Waals surface area contributed by atoms with Crippen molar-refractivity contribution < 1.29 is 18.9 Å². The fourth-order valence-corrected chi connectivity index (χ4v) is 6.09. The average Bonchev–Trinajstić information content (AvgIpc) is 3.06. The van der Waals surface area contributed by atoms with Gasteiger partial charge < -0.3 is 18.9 Å². The third-order valence-corrected chi connectivity index (χ3v) is 8.71. The Bertz CT molecular complexity index is 1120. The van der Waals surface area contributed by atoms with Crippen LogP contribution in [0.2, 0.25) is 0 Å². The summed E-state index contributed by atoms with van der Waals surface area (Å²) in [5.74, 6) is 2.58. The number of nitriles is 1. The standard InChI is InChI=1S/C37H57N3O4/c1-7-8-9-10-11-12-13-14-15-16-24-37(29-38,31-27-34(42-4)36(44-6)35(28-31)43-5)25-18-20-32(40-39-2)23-22-30-19-17-21-33(26-30)41-3/h17,19,21,26-28,32H,7-16,18,20,22-25H2,1-6H3. The van der Waals surface area contributed by atoms with E-state index in [-0.39, 0.29) is 6.04 Å². The van der Waals surface area contributed by atoms with E-state index in [1.54, 1.807) is 35.5 Å². The highest BCUT2D eigenvalue weighted by Gasteiger charge is 2.34. The van der Waals surface area contributed by atoms with Gasteiger partial charge in [0.2, 0.25) is 5.75 Å². The Morgan fingerprint density at radius 2 is 1.36 bits per heavy atom. The number of unbranched alkanes of at least 4 members (excludes halogenated alkanes) is 9. The van der Waals surface area contributed by atoms with E-state index < -0.39 is 5.41 Å². The van der Waals surface area contributed by atoms with Gasteiger partial charge in [-0.25, -0.2) is 0 Å². The Morgan fingerprint density at radius 3 is 1.91 bits per heavy atom. The molecule has 2 atom stereocenters. The lowest BCUT2D eigenvalue weighted by Gasteiger charge is -2.29. The molecule has 7 nitrogen and oxygen atoms in total. The minimum Gasteiger partial charge on any atom is -0.497 e. The van der Waals surface area contributed by atoms with Gasteiger partial charge in [0.25, 0.3) is 0 Å². The molecule has 2 aromatic rings. The molecule has 44 heavy (non-hydrogen) atoms. The maximum atomic E-state index is 10.8. The first-order valence-corrected chi connectivity index (χ1v) is 16.6. The molecule has 0 saturated heterocycles. The lowest BCUT2D eigenvalue weighted by Crippen LogP contribution is -2.25. The lowest BCUT2D eigenvalue weighted by molar-refractivity contribution is 0.321. The largest absolute Gasteiger partial charge is 0.497 e. The van der Waals surface area contributed by atoms with Crippen molar-refractivity contribution in [3.8, 4) is 29.1 Å². The smallest absolute Gasteiger partial charge is 0.203 e. The van der Waals surface area contributed by atoms with Crippen LogP contribution < -0.4 is 18.9 Å². The molecule has 0 aromatic heterocycles. The van der Waals surface area contributed by atoms with Crippen LogP contribution >= 0.6 is 0 Å². The number of hydrogen-bond donors (Lipinski definition) is 0. The Kier molecular flexibility index (Phi) is 18.0. The van der Waals surface area contributed by atoms with Crippen molar-refractivity contribution in [1.29, 1.82) is 5.26 Å². The molecule has 244 valence electrons. The Balaban J connectivity index is 2.13. The molecule has 0 N–H and O–H groups in total. The van der Waals surface area contributed by atoms with E-state index in [9.17, 15) is 5.26 Å². The predicted octanol–water partition coefficient (Wildman–Crippen LogP) is 10.0. The van der Waals surface area contributed by atoms with Crippen molar-refractivity contribution in [2.45, 2.75) is 121 Å². The highest BCUT2D eigenvalue weighted by Crippen LogP contribution is 2.44. The maximum Gasteiger partial charge on any atom is 0.203 e. The Hall–Kier alpha value is -3.27. The zero-order valence-electron chi connectivity index (χ0n) is 28.3. The quantitative estimate of drug-likeness (QED) is 0.0875. The second kappa shape index (κ2) is 21.4. The summed E-state index contributed by atoms with van der Waals surface area (Å²) in [5, 5.41) is 19.5. The Morgan fingerprint density at radius 1 is 0.750 bits per heavy atom. The van der Waals surface area contributed by atoms with Gasteiger partial charge in [-0.15, -0.1) is 0 Å². The molecule has 2 rings (SSSR count). The number of benzene rings is 2. The van der Waals surface area contributed by atoms with E-state index in [1.165, 1.54) is 56.9 Å². The molecule has 2 unspecified atom stereocenters. The van der Waals surface area contributed by atoms with Gasteiger partial charge in [-0.2, -0.15) is 15.5 Å². The molecule has 0 aliphatic heterocycles. The summed E-state index contributed by atoms with van der Waals surface area (Å²) >= 11 is 0. The molecular formula is C37H57N3O4. The van der Waals surface area contributed by atoms with Crippen molar-refractivity contribution in [1.82, 2.24) is 0 Å². The number of rotatable bonds is 24. The highest BCUT2D eigenvalue weighted by molar-refractivity contribution is 5.56. The molecule has 7 heteroatoms. The summed E-state index contributed by atoms with van der Waals surface area (Å²) in [4.78, 5) is 0. The normalized spacial score (nSPS) is 13.3. The number of hydrogen-bond acceptors (Lipinski definition) is 7. The topological polar surface area (TPSA) is 85.4 Å². The molecule has 0 saturated carbocycles. The average molecular weight is 608 g/mol.